The Labute approximate surface area is 91.0 Å². The summed E-state index contributed by atoms with van der Waals surface area (Å²) in [7, 11) is 0. The van der Waals surface area contributed by atoms with Gasteiger partial charge in [0.05, 0.1) is 6.61 Å². The van der Waals surface area contributed by atoms with Crippen LogP contribution in [-0.4, -0.2) is 13.0 Å². The van der Waals surface area contributed by atoms with Crippen LogP contribution in [0.15, 0.2) is 18.2 Å². The molecule has 3 nitrogen and oxygen atoms in total. The van der Waals surface area contributed by atoms with Crippen LogP contribution in [-0.2, 0) is 6.54 Å². The molecule has 0 aliphatic rings. The molecule has 0 fully saturated rings. The average molecular weight is 235 g/mol. The molecular weight excluding hydrogens is 223 g/mol. The van der Waals surface area contributed by atoms with Crippen molar-refractivity contribution in [1.82, 2.24) is 0 Å². The maximum atomic E-state index is 12.0. The lowest BCUT2D eigenvalue weighted by atomic mass is 10.2. The molecule has 0 saturated heterocycles. The maximum Gasteiger partial charge on any atom is 0.573 e. The highest BCUT2D eigenvalue weighted by atomic mass is 19.4. The van der Waals surface area contributed by atoms with Crippen molar-refractivity contribution < 1.29 is 22.6 Å². The number of ether oxygens (including phenoxy) is 2. The third kappa shape index (κ3) is 3.62. The number of rotatable bonds is 4. The first-order valence-corrected chi connectivity index (χ1v) is 4.67. The Kier molecular flexibility index (Phi) is 4.00. The van der Waals surface area contributed by atoms with Crippen molar-refractivity contribution in [1.29, 1.82) is 0 Å². The molecule has 1 aromatic rings. The number of hydrogen-bond acceptors (Lipinski definition) is 3. The van der Waals surface area contributed by atoms with Crippen LogP contribution in [0.2, 0.25) is 0 Å². The molecule has 0 unspecified atom stereocenters. The van der Waals surface area contributed by atoms with Gasteiger partial charge in [0.25, 0.3) is 0 Å². The summed E-state index contributed by atoms with van der Waals surface area (Å²) in [5.74, 6) is -0.0000926. The maximum absolute atomic E-state index is 12.0. The van der Waals surface area contributed by atoms with Crippen LogP contribution < -0.4 is 15.2 Å². The minimum Gasteiger partial charge on any atom is -0.493 e. The van der Waals surface area contributed by atoms with E-state index in [0.717, 1.165) is 0 Å². The molecule has 16 heavy (non-hydrogen) atoms. The first kappa shape index (κ1) is 12.6. The molecule has 0 spiro atoms. The highest BCUT2D eigenvalue weighted by Crippen LogP contribution is 2.28. The largest absolute Gasteiger partial charge is 0.573 e. The fourth-order valence-corrected chi connectivity index (χ4v) is 1.19. The summed E-state index contributed by atoms with van der Waals surface area (Å²) in [6.45, 7) is 2.28. The molecule has 6 heteroatoms. The van der Waals surface area contributed by atoms with Gasteiger partial charge in [-0.05, 0) is 13.0 Å². The topological polar surface area (TPSA) is 44.5 Å². The van der Waals surface area contributed by atoms with E-state index in [4.69, 9.17) is 10.5 Å². The van der Waals surface area contributed by atoms with E-state index in [-0.39, 0.29) is 12.3 Å². The lowest BCUT2D eigenvalue weighted by Gasteiger charge is -2.13. The smallest absolute Gasteiger partial charge is 0.493 e. The quantitative estimate of drug-likeness (QED) is 0.871. The summed E-state index contributed by atoms with van der Waals surface area (Å²) in [4.78, 5) is 0. The van der Waals surface area contributed by atoms with Gasteiger partial charge in [-0.1, -0.05) is 6.07 Å². The molecular formula is C10H12F3NO2. The predicted molar refractivity (Wildman–Crippen MR) is 52.2 cm³/mol. The lowest BCUT2D eigenvalue weighted by molar-refractivity contribution is -0.274. The van der Waals surface area contributed by atoms with Gasteiger partial charge in [-0.15, -0.1) is 13.2 Å². The van der Waals surface area contributed by atoms with Gasteiger partial charge in [-0.3, -0.25) is 0 Å². The third-order valence-electron chi connectivity index (χ3n) is 1.79. The molecule has 0 aliphatic heterocycles. The number of hydrogen-bond donors (Lipinski definition) is 1. The second-order valence-corrected chi connectivity index (χ2v) is 2.95. The average Bonchev–Trinajstić information content (AvgIpc) is 2.16. The Morgan fingerprint density at radius 2 is 2.00 bits per heavy atom. The summed E-state index contributed by atoms with van der Waals surface area (Å²) in [6.07, 6.45) is -4.70. The second-order valence-electron chi connectivity index (χ2n) is 2.95. The SMILES string of the molecule is CCOc1cc(OC(F)(F)F)ccc1CN. The van der Waals surface area contributed by atoms with Crippen LogP contribution in [0.25, 0.3) is 0 Å². The molecule has 0 radical (unpaired) electrons. The molecule has 1 rings (SSSR count). The van der Waals surface area contributed by atoms with Gasteiger partial charge in [-0.2, -0.15) is 0 Å². The van der Waals surface area contributed by atoms with E-state index in [9.17, 15) is 13.2 Å². The van der Waals surface area contributed by atoms with Crippen molar-refractivity contribution in [3.8, 4) is 11.5 Å². The Bertz CT molecular complexity index is 352. The highest BCUT2D eigenvalue weighted by Gasteiger charge is 2.31. The molecule has 1 aromatic carbocycles. The molecule has 2 N–H and O–H groups in total. The summed E-state index contributed by atoms with van der Waals surface area (Å²) in [6, 6.07) is 3.84. The van der Waals surface area contributed by atoms with Crippen LogP contribution in [0.1, 0.15) is 12.5 Å². The van der Waals surface area contributed by atoms with Crippen molar-refractivity contribution in [2.45, 2.75) is 19.8 Å². The Hall–Kier alpha value is -1.43. The van der Waals surface area contributed by atoms with E-state index in [1.165, 1.54) is 18.2 Å². The minimum absolute atomic E-state index is 0.196. The molecule has 0 atom stereocenters. The van der Waals surface area contributed by atoms with Crippen molar-refractivity contribution in [2.75, 3.05) is 6.61 Å². The van der Waals surface area contributed by atoms with Crippen LogP contribution in [0, 0.1) is 0 Å². The highest BCUT2D eigenvalue weighted by molar-refractivity contribution is 5.40. The van der Waals surface area contributed by atoms with Gasteiger partial charge >= 0.3 is 6.36 Å². The summed E-state index contributed by atoms with van der Waals surface area (Å²) < 4.78 is 44.8. The zero-order valence-corrected chi connectivity index (χ0v) is 8.67. The van der Waals surface area contributed by atoms with Crippen molar-refractivity contribution in [3.63, 3.8) is 0 Å². The van der Waals surface area contributed by atoms with E-state index in [0.29, 0.717) is 17.9 Å². The van der Waals surface area contributed by atoms with Gasteiger partial charge < -0.3 is 15.2 Å². The van der Waals surface area contributed by atoms with Crippen LogP contribution in [0.5, 0.6) is 11.5 Å². The van der Waals surface area contributed by atoms with Gasteiger partial charge in [0, 0.05) is 18.2 Å². The summed E-state index contributed by atoms with van der Waals surface area (Å²) in [5.41, 5.74) is 6.05. The van der Waals surface area contributed by atoms with Crippen molar-refractivity contribution in [2.24, 2.45) is 5.73 Å². The van der Waals surface area contributed by atoms with Crippen molar-refractivity contribution >= 4 is 0 Å². The molecule has 0 aromatic heterocycles. The van der Waals surface area contributed by atoms with Crippen LogP contribution in [0.3, 0.4) is 0 Å². The second kappa shape index (κ2) is 5.07. The van der Waals surface area contributed by atoms with Crippen molar-refractivity contribution in [3.05, 3.63) is 23.8 Å². The zero-order valence-electron chi connectivity index (χ0n) is 8.67. The summed E-state index contributed by atoms with van der Waals surface area (Å²) >= 11 is 0. The van der Waals surface area contributed by atoms with Gasteiger partial charge in [0.1, 0.15) is 11.5 Å². The number of benzene rings is 1. The van der Waals surface area contributed by atoms with E-state index < -0.39 is 6.36 Å². The van der Waals surface area contributed by atoms with Crippen LogP contribution in [0.4, 0.5) is 13.2 Å². The first-order valence-electron chi connectivity index (χ1n) is 4.67. The molecule has 0 aliphatic carbocycles. The number of alkyl halides is 3. The summed E-state index contributed by atoms with van der Waals surface area (Å²) in [5, 5.41) is 0. The molecule has 0 heterocycles. The minimum atomic E-state index is -4.70. The van der Waals surface area contributed by atoms with Crippen LogP contribution >= 0.6 is 0 Å². The van der Waals surface area contributed by atoms with E-state index in [2.05, 4.69) is 4.74 Å². The van der Waals surface area contributed by atoms with E-state index in [1.807, 2.05) is 0 Å². The molecule has 90 valence electrons. The first-order chi connectivity index (χ1) is 7.46. The zero-order chi connectivity index (χ0) is 12.2. The Balaban J connectivity index is 2.93. The number of halogens is 3. The third-order valence-corrected chi connectivity index (χ3v) is 1.79. The lowest BCUT2D eigenvalue weighted by Crippen LogP contribution is -2.17. The molecule has 0 amide bonds. The molecule has 0 bridgehead atoms. The normalized spacial score (nSPS) is 11.3. The Morgan fingerprint density at radius 1 is 1.31 bits per heavy atom. The fraction of sp³-hybridized carbons (Fsp3) is 0.400. The van der Waals surface area contributed by atoms with E-state index >= 15 is 0 Å². The monoisotopic (exact) mass is 235 g/mol. The van der Waals surface area contributed by atoms with Gasteiger partial charge in [0.2, 0.25) is 0 Å². The fourth-order valence-electron chi connectivity index (χ4n) is 1.19. The predicted octanol–water partition coefficient (Wildman–Crippen LogP) is 2.44. The molecule has 0 saturated carbocycles. The van der Waals surface area contributed by atoms with E-state index in [1.54, 1.807) is 6.92 Å². The van der Waals surface area contributed by atoms with Gasteiger partial charge in [0.15, 0.2) is 0 Å². The number of nitrogens with two attached hydrogens (primary N) is 1. The standard InChI is InChI=1S/C10H12F3NO2/c1-2-15-9-5-8(16-10(11,12)13)4-3-7(9)6-14/h3-5H,2,6,14H2,1H3. The van der Waals surface area contributed by atoms with Gasteiger partial charge in [-0.25, -0.2) is 0 Å². The Morgan fingerprint density at radius 3 is 2.50 bits per heavy atom.